The molecule has 0 spiro atoms. The summed E-state index contributed by atoms with van der Waals surface area (Å²) in [6.45, 7) is 11.1. The fourth-order valence-corrected chi connectivity index (χ4v) is 2.15. The second-order valence-corrected chi connectivity index (χ2v) is 3.67. The van der Waals surface area contributed by atoms with Gasteiger partial charge in [-0.15, -0.1) is 0 Å². The molecule has 0 radical (unpaired) electrons. The number of nitrogens with one attached hydrogen (secondary N) is 1. The molecule has 0 bridgehead atoms. The lowest BCUT2D eigenvalue weighted by atomic mass is 10.3. The standard InChI is InChI=1S/C9H21N2/c1-3-6-11(7-4-2)8-5-10-9-11/h10H,3-9H2,1-2H3/q+1. The smallest absolute Gasteiger partial charge is 0.132 e. The minimum atomic E-state index is 1.21. The molecule has 1 N–H and O–H groups in total. The van der Waals surface area contributed by atoms with Crippen molar-refractivity contribution in [2.75, 3.05) is 32.8 Å². The summed E-state index contributed by atoms with van der Waals surface area (Å²) < 4.78 is 1.33. The van der Waals surface area contributed by atoms with Gasteiger partial charge in [0.1, 0.15) is 6.67 Å². The summed E-state index contributed by atoms with van der Waals surface area (Å²) in [5.74, 6) is 0. The zero-order valence-electron chi connectivity index (χ0n) is 7.90. The van der Waals surface area contributed by atoms with Crippen LogP contribution in [0.15, 0.2) is 0 Å². The van der Waals surface area contributed by atoms with Crippen molar-refractivity contribution in [2.24, 2.45) is 0 Å². The van der Waals surface area contributed by atoms with E-state index in [1.165, 1.54) is 50.2 Å². The number of hydrogen-bond donors (Lipinski definition) is 1. The lowest BCUT2D eigenvalue weighted by molar-refractivity contribution is -0.917. The van der Waals surface area contributed by atoms with Gasteiger partial charge in [-0.1, -0.05) is 13.8 Å². The fourth-order valence-electron chi connectivity index (χ4n) is 2.15. The molecule has 11 heavy (non-hydrogen) atoms. The predicted molar refractivity (Wildman–Crippen MR) is 48.3 cm³/mol. The number of rotatable bonds is 4. The molecule has 1 heterocycles. The van der Waals surface area contributed by atoms with Crippen LogP contribution < -0.4 is 5.32 Å². The summed E-state index contributed by atoms with van der Waals surface area (Å²) >= 11 is 0. The number of nitrogens with zero attached hydrogens (tertiary/aromatic N) is 1. The average molecular weight is 157 g/mol. The van der Waals surface area contributed by atoms with Crippen LogP contribution in [0.2, 0.25) is 0 Å². The van der Waals surface area contributed by atoms with Crippen molar-refractivity contribution >= 4 is 0 Å². The molecule has 0 aromatic heterocycles. The summed E-state index contributed by atoms with van der Waals surface area (Å²) in [6.07, 6.45) is 2.64. The van der Waals surface area contributed by atoms with E-state index in [0.29, 0.717) is 0 Å². The van der Waals surface area contributed by atoms with Crippen molar-refractivity contribution in [3.63, 3.8) is 0 Å². The Bertz CT molecular complexity index is 98.1. The Kier molecular flexibility index (Phi) is 3.34. The molecule has 0 atom stereocenters. The van der Waals surface area contributed by atoms with E-state index in [1.807, 2.05) is 0 Å². The van der Waals surface area contributed by atoms with Gasteiger partial charge in [-0.2, -0.15) is 0 Å². The number of hydrogen-bond acceptors (Lipinski definition) is 1. The molecule has 1 saturated heterocycles. The van der Waals surface area contributed by atoms with E-state index in [9.17, 15) is 0 Å². The third-order valence-corrected chi connectivity index (χ3v) is 2.61. The van der Waals surface area contributed by atoms with Gasteiger partial charge in [-0.3, -0.25) is 5.32 Å². The van der Waals surface area contributed by atoms with Gasteiger partial charge in [0.15, 0.2) is 0 Å². The van der Waals surface area contributed by atoms with Crippen molar-refractivity contribution in [1.29, 1.82) is 0 Å². The van der Waals surface area contributed by atoms with Gasteiger partial charge in [0, 0.05) is 6.54 Å². The highest BCUT2D eigenvalue weighted by Gasteiger charge is 2.29. The van der Waals surface area contributed by atoms with Crippen molar-refractivity contribution in [3.05, 3.63) is 0 Å². The van der Waals surface area contributed by atoms with Gasteiger partial charge in [0.05, 0.1) is 19.6 Å². The van der Waals surface area contributed by atoms with E-state index >= 15 is 0 Å². The quantitative estimate of drug-likeness (QED) is 0.604. The molecular formula is C9H21N2+. The maximum absolute atomic E-state index is 3.46. The van der Waals surface area contributed by atoms with Crippen molar-refractivity contribution in [1.82, 2.24) is 5.32 Å². The Hall–Kier alpha value is -0.0800. The van der Waals surface area contributed by atoms with E-state index in [4.69, 9.17) is 0 Å². The van der Waals surface area contributed by atoms with Gasteiger partial charge >= 0.3 is 0 Å². The van der Waals surface area contributed by atoms with E-state index < -0.39 is 0 Å². The van der Waals surface area contributed by atoms with Gasteiger partial charge < -0.3 is 4.48 Å². The monoisotopic (exact) mass is 157 g/mol. The molecule has 1 fully saturated rings. The normalized spacial score (nSPS) is 22.4. The molecular weight excluding hydrogens is 136 g/mol. The third kappa shape index (κ3) is 2.17. The predicted octanol–water partition coefficient (Wildman–Crippen LogP) is 1.18. The fraction of sp³-hybridized carbons (Fsp3) is 1.00. The molecule has 2 nitrogen and oxygen atoms in total. The molecule has 0 unspecified atom stereocenters. The van der Waals surface area contributed by atoms with Gasteiger partial charge in [-0.25, -0.2) is 0 Å². The first-order chi connectivity index (χ1) is 5.33. The Morgan fingerprint density at radius 2 is 1.82 bits per heavy atom. The number of quaternary nitrogens is 1. The van der Waals surface area contributed by atoms with Gasteiger partial charge in [0.2, 0.25) is 0 Å². The van der Waals surface area contributed by atoms with Gasteiger partial charge in [-0.05, 0) is 12.8 Å². The van der Waals surface area contributed by atoms with E-state index in [-0.39, 0.29) is 0 Å². The summed E-state index contributed by atoms with van der Waals surface area (Å²) in [4.78, 5) is 0. The molecule has 0 aromatic carbocycles. The summed E-state index contributed by atoms with van der Waals surface area (Å²) in [7, 11) is 0. The van der Waals surface area contributed by atoms with Crippen molar-refractivity contribution < 1.29 is 4.48 Å². The van der Waals surface area contributed by atoms with Crippen LogP contribution in [-0.4, -0.2) is 37.3 Å². The minimum absolute atomic E-state index is 1.21. The third-order valence-electron chi connectivity index (χ3n) is 2.61. The maximum atomic E-state index is 3.46. The van der Waals surface area contributed by atoms with Crippen LogP contribution in [0.1, 0.15) is 26.7 Å². The molecule has 0 saturated carbocycles. The van der Waals surface area contributed by atoms with E-state index in [1.54, 1.807) is 0 Å². The van der Waals surface area contributed by atoms with Crippen LogP contribution >= 0.6 is 0 Å². The maximum Gasteiger partial charge on any atom is 0.132 e. The topological polar surface area (TPSA) is 12.0 Å². The van der Waals surface area contributed by atoms with Crippen LogP contribution in [0.5, 0.6) is 0 Å². The van der Waals surface area contributed by atoms with Crippen molar-refractivity contribution in [3.8, 4) is 0 Å². The highest BCUT2D eigenvalue weighted by Crippen LogP contribution is 2.11. The lowest BCUT2D eigenvalue weighted by Crippen LogP contribution is -2.47. The van der Waals surface area contributed by atoms with Crippen LogP contribution in [0, 0.1) is 0 Å². The minimum Gasteiger partial charge on any atom is -0.310 e. The van der Waals surface area contributed by atoms with E-state index in [0.717, 1.165) is 0 Å². The Balaban J connectivity index is 2.40. The molecule has 66 valence electrons. The highest BCUT2D eigenvalue weighted by molar-refractivity contribution is 4.53. The van der Waals surface area contributed by atoms with E-state index in [2.05, 4.69) is 19.2 Å². The molecule has 1 aliphatic heterocycles. The molecule has 0 aliphatic carbocycles. The molecule has 0 aromatic rings. The molecule has 1 aliphatic rings. The second-order valence-electron chi connectivity index (χ2n) is 3.67. The molecule has 0 amide bonds. The first kappa shape index (κ1) is 9.01. The van der Waals surface area contributed by atoms with Gasteiger partial charge in [0.25, 0.3) is 0 Å². The molecule has 2 heteroatoms. The second kappa shape index (κ2) is 4.07. The van der Waals surface area contributed by atoms with Crippen LogP contribution in [0.3, 0.4) is 0 Å². The Morgan fingerprint density at radius 3 is 2.18 bits per heavy atom. The van der Waals surface area contributed by atoms with Crippen LogP contribution in [-0.2, 0) is 0 Å². The average Bonchev–Trinajstić information content (AvgIpc) is 2.39. The largest absolute Gasteiger partial charge is 0.310 e. The highest BCUT2D eigenvalue weighted by atomic mass is 15.4. The SMILES string of the molecule is CCC[N+]1(CCC)CCNC1. The summed E-state index contributed by atoms with van der Waals surface area (Å²) in [5.41, 5.74) is 0. The van der Waals surface area contributed by atoms with Crippen molar-refractivity contribution in [2.45, 2.75) is 26.7 Å². The van der Waals surface area contributed by atoms with Crippen LogP contribution in [0.4, 0.5) is 0 Å². The lowest BCUT2D eigenvalue weighted by Gasteiger charge is -2.32. The molecule has 1 rings (SSSR count). The summed E-state index contributed by atoms with van der Waals surface area (Å²) in [6, 6.07) is 0. The van der Waals surface area contributed by atoms with Crippen LogP contribution in [0.25, 0.3) is 0 Å². The zero-order valence-corrected chi connectivity index (χ0v) is 7.90. The first-order valence-corrected chi connectivity index (χ1v) is 4.89. The first-order valence-electron chi connectivity index (χ1n) is 4.89. The zero-order chi connectivity index (χ0) is 8.16. The Morgan fingerprint density at radius 1 is 1.18 bits per heavy atom. The Labute approximate surface area is 70.2 Å². The summed E-state index contributed by atoms with van der Waals surface area (Å²) in [5, 5.41) is 3.46.